The highest BCUT2D eigenvalue weighted by molar-refractivity contribution is 9.10. The lowest BCUT2D eigenvalue weighted by atomic mass is 9.81. The zero-order valence-electron chi connectivity index (χ0n) is 73.1. The Morgan fingerprint density at radius 2 is 0.542 bits per heavy atom. The van der Waals surface area contributed by atoms with Crippen molar-refractivity contribution in [1.82, 2.24) is 29.1 Å². The number of aromatic nitrogens is 6. The summed E-state index contributed by atoms with van der Waals surface area (Å²) in [6, 6.07) is 164. The Labute approximate surface area is 772 Å². The molecule has 0 spiro atoms. The van der Waals surface area contributed by atoms with E-state index in [2.05, 4.69) is 488 Å². The van der Waals surface area contributed by atoms with Crippen molar-refractivity contribution in [3.8, 4) is 123 Å². The summed E-state index contributed by atoms with van der Waals surface area (Å²) in [5, 5.41) is 2.08. The summed E-state index contributed by atoms with van der Waals surface area (Å²) < 4.78 is 5.61. The van der Waals surface area contributed by atoms with Crippen molar-refractivity contribution in [3.05, 3.63) is 499 Å². The molecule has 4 heterocycles. The zero-order valence-corrected chi connectivity index (χ0v) is 74.7. The minimum absolute atomic E-state index is 0.0686. The highest BCUT2D eigenvalue weighted by Crippen LogP contribution is 2.53. The van der Waals surface area contributed by atoms with E-state index in [0.717, 1.165) is 140 Å². The number of rotatable bonds is 15. The Hall–Kier alpha value is -16.0. The van der Waals surface area contributed by atoms with Gasteiger partial charge in [0, 0.05) is 76.8 Å². The smallest absolute Gasteiger partial charge is 0.145 e. The van der Waals surface area contributed by atoms with Crippen LogP contribution < -0.4 is 4.90 Å². The van der Waals surface area contributed by atoms with Crippen molar-refractivity contribution in [2.24, 2.45) is 0 Å². The van der Waals surface area contributed by atoms with Gasteiger partial charge >= 0.3 is 0 Å². The number of imidazole rings is 2. The number of halogens is 1. The molecule has 2 aliphatic carbocycles. The van der Waals surface area contributed by atoms with Crippen LogP contribution in [0.5, 0.6) is 0 Å². The average molecular weight is 1750 g/mol. The van der Waals surface area contributed by atoms with E-state index in [-0.39, 0.29) is 10.8 Å². The van der Waals surface area contributed by atoms with E-state index in [4.69, 9.17) is 19.9 Å². The molecule has 0 aliphatic heterocycles. The van der Waals surface area contributed by atoms with Crippen LogP contribution >= 0.6 is 15.9 Å². The van der Waals surface area contributed by atoms with Crippen LogP contribution in [-0.4, -0.2) is 29.1 Å². The molecule has 22 aromatic rings. The van der Waals surface area contributed by atoms with E-state index in [0.29, 0.717) is 0 Å². The third-order valence-electron chi connectivity index (χ3n) is 26.2. The van der Waals surface area contributed by atoms with E-state index in [1.54, 1.807) is 0 Å². The van der Waals surface area contributed by atoms with Crippen LogP contribution in [0.2, 0.25) is 0 Å². The first-order chi connectivity index (χ1) is 64.4. The molecular formula is C123H90BrN7. The van der Waals surface area contributed by atoms with E-state index in [9.17, 15) is 0 Å². The molecule has 0 unspecified atom stereocenters. The average Bonchev–Trinajstić information content (AvgIpc) is 1.60. The summed E-state index contributed by atoms with van der Waals surface area (Å²) in [4.78, 5) is 23.6. The summed E-state index contributed by atoms with van der Waals surface area (Å²) in [6.07, 6.45) is 0.967. The van der Waals surface area contributed by atoms with Gasteiger partial charge in [0.05, 0.1) is 22.4 Å². The van der Waals surface area contributed by atoms with Gasteiger partial charge in [0.2, 0.25) is 0 Å². The van der Waals surface area contributed by atoms with Gasteiger partial charge in [-0.2, -0.15) is 0 Å². The topological polar surface area (TPSA) is 64.7 Å². The number of fused-ring (bicyclic) bond motifs is 12. The summed E-state index contributed by atoms with van der Waals surface area (Å²) in [6.45, 7) is 9.38. The molecule has 0 radical (unpaired) electrons. The van der Waals surface area contributed by atoms with E-state index in [1.165, 1.54) is 89.0 Å². The number of nitrogens with zero attached hydrogens (tertiary/aromatic N) is 7. The Kier molecular flexibility index (Phi) is 21.2. The minimum atomic E-state index is -0.110. The van der Waals surface area contributed by atoms with Crippen molar-refractivity contribution in [2.75, 3.05) is 4.90 Å². The van der Waals surface area contributed by atoms with E-state index in [1.807, 2.05) is 30.3 Å². The fourth-order valence-corrected chi connectivity index (χ4v) is 19.8. The summed E-state index contributed by atoms with van der Waals surface area (Å²) >= 11 is 3.53. The summed E-state index contributed by atoms with van der Waals surface area (Å²) in [5.41, 5.74) is 40.5. The Balaban J connectivity index is 0.000000128. The molecule has 0 N–H and O–H groups in total. The van der Waals surface area contributed by atoms with Crippen LogP contribution in [0.15, 0.2) is 466 Å². The maximum atomic E-state index is 5.45. The summed E-state index contributed by atoms with van der Waals surface area (Å²) in [5.74, 6) is 1.77. The van der Waals surface area contributed by atoms with Gasteiger partial charge in [0.1, 0.15) is 33.7 Å². The quantitative estimate of drug-likeness (QED) is 0.102. The Morgan fingerprint density at radius 3 is 0.962 bits per heavy atom. The van der Waals surface area contributed by atoms with E-state index >= 15 is 0 Å². The second-order valence-corrected chi connectivity index (χ2v) is 35.9. The lowest BCUT2D eigenvalue weighted by Crippen LogP contribution is -2.16. The van der Waals surface area contributed by atoms with Gasteiger partial charge in [0.15, 0.2) is 0 Å². The molecule has 0 saturated carbocycles. The highest BCUT2D eigenvalue weighted by Gasteiger charge is 2.38. The lowest BCUT2D eigenvalue weighted by molar-refractivity contribution is 0.659. The number of benzene rings is 18. The molecule has 8 heteroatoms. The number of hydrogen-bond acceptors (Lipinski definition) is 5. The van der Waals surface area contributed by atoms with Crippen LogP contribution in [0.25, 0.3) is 167 Å². The molecular weight excluding hydrogens is 1660 g/mol. The Bertz CT molecular complexity index is 7960. The van der Waals surface area contributed by atoms with Gasteiger partial charge in [-0.25, -0.2) is 19.9 Å². The molecule has 18 aromatic carbocycles. The van der Waals surface area contributed by atoms with Gasteiger partial charge < -0.3 is 4.90 Å². The molecule has 2 aliphatic rings. The second kappa shape index (κ2) is 34.3. The van der Waals surface area contributed by atoms with Gasteiger partial charge in [-0.3, -0.25) is 9.13 Å². The molecule has 0 fully saturated rings. The predicted molar refractivity (Wildman–Crippen MR) is 549 cm³/mol. The standard InChI is InChI=1S/C61H44N4.C34H22BrN3.C28H24/c1-61(2)54-24-14-12-22-51(54)52-39-38-50(40-55(52)61)64(48-34-30-43(31-35-48)41-16-6-3-7-17-41)49-36-32-44(33-37-49)42-26-28-46(29-27-42)60-63-58-53-23-13-15-25-56(53)62-57(45-18-8-4-9-19-45)59(58)65(60)47-20-10-5-11-21-47;35-27-21-19-24(20-22-27)23-15-17-26(18-16-23)34-37-32-29-13-7-8-14-30(29)36-31(25-9-3-1-4-10-25)33(32)38(34)28-11-5-2-6-12-28;1-28(2)26-11-7-6-10-24(26)25-17-14-21(19-27(25)28)18-20-12-15-23(16-13-20)22-8-4-3-5-9-22/h3-40H,1-2H3;1-22H;3-17,19H,18H2,1-2H3. The maximum Gasteiger partial charge on any atom is 0.145 e. The SMILES string of the molecule is Brc1ccc(-c2ccc(-c3nc4c5ccccc5nc(-c5ccccc5)c4n3-c3ccccc3)cc2)cc1.CC1(C)c2ccccc2-c2ccc(Cc3ccc(-c4ccccc4)cc3)cc21.CC1(C)c2ccccc2-c2ccc(N(c3ccc(-c4ccccc4)cc3)c3ccc(-c4ccc(-c5nc6c7ccccc7nc(-c7ccccc7)c6n5-c5ccccc5)cc4)cc3)cc21. The number of hydrogen-bond donors (Lipinski definition) is 0. The number of anilines is 3. The van der Waals surface area contributed by atoms with Crippen molar-refractivity contribution < 1.29 is 0 Å². The van der Waals surface area contributed by atoms with Crippen LogP contribution in [0.4, 0.5) is 17.1 Å². The first-order valence-corrected chi connectivity index (χ1v) is 45.7. The van der Waals surface area contributed by atoms with Crippen LogP contribution in [0.3, 0.4) is 0 Å². The van der Waals surface area contributed by atoms with Gasteiger partial charge in [-0.15, -0.1) is 0 Å². The molecule has 4 aromatic heterocycles. The number of pyridine rings is 2. The molecule has 131 heavy (non-hydrogen) atoms. The third-order valence-corrected chi connectivity index (χ3v) is 26.7. The van der Waals surface area contributed by atoms with Gasteiger partial charge in [-0.05, 0) is 191 Å². The van der Waals surface area contributed by atoms with Crippen LogP contribution in [0, 0.1) is 0 Å². The third kappa shape index (κ3) is 15.3. The first-order valence-electron chi connectivity index (χ1n) is 44.9. The van der Waals surface area contributed by atoms with Crippen LogP contribution in [-0.2, 0) is 17.3 Å². The normalized spacial score (nSPS) is 12.5. The fraction of sp³-hybridized carbons (Fsp3) is 0.0569. The Morgan fingerprint density at radius 1 is 0.244 bits per heavy atom. The zero-order chi connectivity index (χ0) is 88.1. The molecule has 7 nitrogen and oxygen atoms in total. The van der Waals surface area contributed by atoms with Gasteiger partial charge in [-0.1, -0.05) is 420 Å². The number of para-hydroxylation sites is 4. The van der Waals surface area contributed by atoms with Crippen molar-refractivity contribution >= 4 is 76.9 Å². The first kappa shape index (κ1) is 80.8. The molecule has 0 bridgehead atoms. The van der Waals surface area contributed by atoms with Crippen molar-refractivity contribution in [3.63, 3.8) is 0 Å². The molecule has 624 valence electrons. The molecule has 0 atom stereocenters. The maximum absolute atomic E-state index is 5.45. The van der Waals surface area contributed by atoms with Gasteiger partial charge in [0.25, 0.3) is 0 Å². The molecule has 0 saturated heterocycles. The molecule has 0 amide bonds. The summed E-state index contributed by atoms with van der Waals surface area (Å²) in [7, 11) is 0. The van der Waals surface area contributed by atoms with E-state index < -0.39 is 0 Å². The fourth-order valence-electron chi connectivity index (χ4n) is 19.5. The van der Waals surface area contributed by atoms with Crippen molar-refractivity contribution in [1.29, 1.82) is 0 Å². The largest absolute Gasteiger partial charge is 0.310 e. The molecule has 24 rings (SSSR count). The minimum Gasteiger partial charge on any atom is -0.310 e. The second-order valence-electron chi connectivity index (χ2n) is 34.9. The highest BCUT2D eigenvalue weighted by atomic mass is 79.9. The lowest BCUT2D eigenvalue weighted by Gasteiger charge is -2.28. The predicted octanol–water partition coefficient (Wildman–Crippen LogP) is 32.6. The van der Waals surface area contributed by atoms with Crippen molar-refractivity contribution in [2.45, 2.75) is 44.9 Å². The van der Waals surface area contributed by atoms with Crippen LogP contribution in [0.1, 0.15) is 61.1 Å². The monoisotopic (exact) mass is 1740 g/mol.